The molecule has 0 fully saturated rings. The van der Waals surface area contributed by atoms with Crippen LogP contribution in [0.2, 0.25) is 0 Å². The Labute approximate surface area is 112 Å². The minimum atomic E-state index is -0.975. The second-order valence-electron chi connectivity index (χ2n) is 3.08. The molecule has 0 aliphatic carbocycles. The van der Waals surface area contributed by atoms with Gasteiger partial charge in [-0.1, -0.05) is 23.6 Å². The van der Waals surface area contributed by atoms with E-state index in [0.717, 1.165) is 11.8 Å². The predicted octanol–water partition coefficient (Wildman–Crippen LogP) is 2.78. The van der Waals surface area contributed by atoms with E-state index < -0.39 is 5.97 Å². The predicted molar refractivity (Wildman–Crippen MR) is 71.1 cm³/mol. The maximum atomic E-state index is 10.7. The topological polar surface area (TPSA) is 54.4 Å². The standard InChI is InChI=1S/C12H9BrO3S/c1-8(14)17-6-2-3-9-4-5-10(12(15)16)7-11(9)13/h4-5,7H,6H2,1H3,(H,15,16). The fraction of sp³-hybridized carbons (Fsp3) is 0.167. The maximum absolute atomic E-state index is 10.7. The van der Waals surface area contributed by atoms with Gasteiger partial charge in [0.1, 0.15) is 0 Å². The molecule has 0 heterocycles. The van der Waals surface area contributed by atoms with Crippen LogP contribution in [0, 0.1) is 11.8 Å². The molecule has 0 unspecified atom stereocenters. The van der Waals surface area contributed by atoms with Crippen molar-refractivity contribution in [3.63, 3.8) is 0 Å². The first kappa shape index (κ1) is 13.8. The molecular formula is C12H9BrO3S. The molecule has 1 aromatic rings. The van der Waals surface area contributed by atoms with Crippen molar-refractivity contribution >= 4 is 38.8 Å². The Morgan fingerprint density at radius 1 is 1.47 bits per heavy atom. The number of carboxylic acids is 1. The molecule has 1 N–H and O–H groups in total. The van der Waals surface area contributed by atoms with Crippen molar-refractivity contribution < 1.29 is 14.7 Å². The molecule has 0 radical (unpaired) electrons. The molecule has 0 saturated carbocycles. The normalized spacial score (nSPS) is 9.29. The zero-order chi connectivity index (χ0) is 12.8. The van der Waals surface area contributed by atoms with E-state index in [0.29, 0.717) is 15.8 Å². The average Bonchev–Trinajstić information content (AvgIpc) is 2.25. The molecule has 0 bridgehead atoms. The summed E-state index contributed by atoms with van der Waals surface area (Å²) >= 11 is 4.40. The van der Waals surface area contributed by atoms with E-state index in [2.05, 4.69) is 27.8 Å². The van der Waals surface area contributed by atoms with E-state index in [1.807, 2.05) is 0 Å². The van der Waals surface area contributed by atoms with E-state index in [4.69, 9.17) is 5.11 Å². The summed E-state index contributed by atoms with van der Waals surface area (Å²) in [6.07, 6.45) is 0. The van der Waals surface area contributed by atoms with Gasteiger partial charge in [-0.25, -0.2) is 4.79 Å². The third-order valence-electron chi connectivity index (χ3n) is 1.79. The van der Waals surface area contributed by atoms with Crippen LogP contribution in [-0.2, 0) is 4.79 Å². The first-order valence-corrected chi connectivity index (χ1v) is 6.43. The molecular weight excluding hydrogens is 304 g/mol. The Morgan fingerprint density at radius 3 is 2.71 bits per heavy atom. The van der Waals surface area contributed by atoms with Crippen molar-refractivity contribution in [2.75, 3.05) is 5.75 Å². The molecule has 0 saturated heterocycles. The minimum Gasteiger partial charge on any atom is -0.478 e. The van der Waals surface area contributed by atoms with Gasteiger partial charge in [0.15, 0.2) is 5.12 Å². The van der Waals surface area contributed by atoms with Gasteiger partial charge in [0.05, 0.1) is 11.3 Å². The van der Waals surface area contributed by atoms with Gasteiger partial charge >= 0.3 is 5.97 Å². The molecule has 0 spiro atoms. The number of benzene rings is 1. The van der Waals surface area contributed by atoms with Gasteiger partial charge in [0.2, 0.25) is 0 Å². The Bertz CT molecular complexity index is 514. The van der Waals surface area contributed by atoms with Gasteiger partial charge < -0.3 is 5.11 Å². The summed E-state index contributed by atoms with van der Waals surface area (Å²) in [5.74, 6) is 5.17. The second kappa shape index (κ2) is 6.48. The highest BCUT2D eigenvalue weighted by Gasteiger charge is 2.04. The number of thioether (sulfide) groups is 1. The maximum Gasteiger partial charge on any atom is 0.335 e. The molecule has 88 valence electrons. The van der Waals surface area contributed by atoms with Crippen molar-refractivity contribution in [3.05, 3.63) is 33.8 Å². The monoisotopic (exact) mass is 312 g/mol. The molecule has 0 atom stereocenters. The summed E-state index contributed by atoms with van der Waals surface area (Å²) in [4.78, 5) is 21.4. The number of carbonyl (C=O) groups is 2. The molecule has 0 aliphatic heterocycles. The van der Waals surface area contributed by atoms with Crippen molar-refractivity contribution in [2.24, 2.45) is 0 Å². The zero-order valence-electron chi connectivity index (χ0n) is 8.99. The van der Waals surface area contributed by atoms with E-state index in [-0.39, 0.29) is 10.7 Å². The number of hydrogen-bond donors (Lipinski definition) is 1. The van der Waals surface area contributed by atoms with Gasteiger partial charge in [-0.15, -0.1) is 0 Å². The SMILES string of the molecule is CC(=O)SCC#Cc1ccc(C(=O)O)cc1Br. The number of aromatic carboxylic acids is 1. The highest BCUT2D eigenvalue weighted by atomic mass is 79.9. The van der Waals surface area contributed by atoms with Gasteiger partial charge in [-0.05, 0) is 34.1 Å². The minimum absolute atomic E-state index is 0.0274. The van der Waals surface area contributed by atoms with Crippen LogP contribution in [0.25, 0.3) is 0 Å². The van der Waals surface area contributed by atoms with Gasteiger partial charge in [-0.3, -0.25) is 4.79 Å². The lowest BCUT2D eigenvalue weighted by molar-refractivity contribution is -0.109. The fourth-order valence-electron chi connectivity index (χ4n) is 1.02. The first-order chi connectivity index (χ1) is 8.00. The van der Waals surface area contributed by atoms with Crippen LogP contribution in [0.4, 0.5) is 0 Å². The van der Waals surface area contributed by atoms with E-state index in [1.165, 1.54) is 19.1 Å². The lowest BCUT2D eigenvalue weighted by Crippen LogP contribution is -1.96. The largest absolute Gasteiger partial charge is 0.478 e. The Kier molecular flexibility index (Phi) is 5.26. The smallest absolute Gasteiger partial charge is 0.335 e. The average molecular weight is 313 g/mol. The van der Waals surface area contributed by atoms with Crippen LogP contribution >= 0.6 is 27.7 Å². The summed E-state index contributed by atoms with van der Waals surface area (Å²) in [5, 5.41) is 8.81. The van der Waals surface area contributed by atoms with E-state index in [9.17, 15) is 9.59 Å². The number of carboxylic acid groups (broad SMARTS) is 1. The Hall–Kier alpha value is -1.25. The van der Waals surface area contributed by atoms with Crippen LogP contribution in [0.5, 0.6) is 0 Å². The number of carbonyl (C=O) groups excluding carboxylic acids is 1. The summed E-state index contributed by atoms with van der Waals surface area (Å²) in [6.45, 7) is 1.49. The highest BCUT2D eigenvalue weighted by Crippen LogP contribution is 2.17. The zero-order valence-corrected chi connectivity index (χ0v) is 11.4. The summed E-state index contributed by atoms with van der Waals surface area (Å²) < 4.78 is 0.637. The number of rotatable bonds is 2. The van der Waals surface area contributed by atoms with Crippen LogP contribution in [0.15, 0.2) is 22.7 Å². The summed E-state index contributed by atoms with van der Waals surface area (Å²) in [7, 11) is 0. The van der Waals surface area contributed by atoms with Crippen LogP contribution in [0.3, 0.4) is 0 Å². The van der Waals surface area contributed by atoms with E-state index >= 15 is 0 Å². The Morgan fingerprint density at radius 2 is 2.18 bits per heavy atom. The van der Waals surface area contributed by atoms with Crippen molar-refractivity contribution in [1.82, 2.24) is 0 Å². The number of halogens is 1. The van der Waals surface area contributed by atoms with Crippen molar-refractivity contribution in [3.8, 4) is 11.8 Å². The van der Waals surface area contributed by atoms with Gasteiger partial charge in [-0.2, -0.15) is 0 Å². The molecule has 5 heteroatoms. The molecule has 3 nitrogen and oxygen atoms in total. The molecule has 0 aromatic heterocycles. The van der Waals surface area contributed by atoms with Crippen molar-refractivity contribution in [1.29, 1.82) is 0 Å². The Balaban J connectivity index is 2.79. The molecule has 1 aromatic carbocycles. The lowest BCUT2D eigenvalue weighted by atomic mass is 10.1. The molecule has 0 amide bonds. The van der Waals surface area contributed by atoms with Crippen molar-refractivity contribution in [2.45, 2.75) is 6.92 Å². The molecule has 17 heavy (non-hydrogen) atoms. The first-order valence-electron chi connectivity index (χ1n) is 4.66. The van der Waals surface area contributed by atoms with E-state index in [1.54, 1.807) is 6.07 Å². The number of hydrogen-bond acceptors (Lipinski definition) is 3. The highest BCUT2D eigenvalue weighted by molar-refractivity contribution is 9.10. The third-order valence-corrected chi connectivity index (χ3v) is 3.14. The second-order valence-corrected chi connectivity index (χ2v) is 5.09. The quantitative estimate of drug-likeness (QED) is 0.853. The molecule has 1 rings (SSSR count). The van der Waals surface area contributed by atoms with Crippen LogP contribution in [0.1, 0.15) is 22.8 Å². The third kappa shape index (κ3) is 4.63. The summed E-state index contributed by atoms with van der Waals surface area (Å²) in [5.41, 5.74) is 0.916. The van der Waals surface area contributed by atoms with Crippen LogP contribution in [-0.4, -0.2) is 21.9 Å². The van der Waals surface area contributed by atoms with Crippen LogP contribution < -0.4 is 0 Å². The lowest BCUT2D eigenvalue weighted by Gasteiger charge is -1.98. The molecule has 0 aliphatic rings. The summed E-state index contributed by atoms with van der Waals surface area (Å²) in [6, 6.07) is 4.64. The fourth-order valence-corrected chi connectivity index (χ4v) is 1.84. The van der Waals surface area contributed by atoms with Gasteiger partial charge in [0.25, 0.3) is 0 Å². The van der Waals surface area contributed by atoms with Gasteiger partial charge in [0, 0.05) is 17.0 Å².